The molecule has 0 saturated heterocycles. The Morgan fingerprint density at radius 3 is 2.91 bits per heavy atom. The van der Waals surface area contributed by atoms with E-state index in [4.69, 9.17) is 4.52 Å². The van der Waals surface area contributed by atoms with Crippen LogP contribution >= 0.6 is 0 Å². The third kappa shape index (κ3) is 5.14. The Labute approximate surface area is 134 Å². The zero-order chi connectivity index (χ0) is 16.7. The first-order valence-electron chi connectivity index (χ1n) is 7.60. The number of halogens is 1. The van der Waals surface area contributed by atoms with Gasteiger partial charge in [0.05, 0.1) is 0 Å². The van der Waals surface area contributed by atoms with Gasteiger partial charge in [-0.05, 0) is 38.6 Å². The normalized spacial score (nSPS) is 10.7. The SMILES string of the molecule is CNCCCNC(=O)CCc1nc(-c2ccc(C)c(F)c2)no1. The number of aryl methyl sites for hydroxylation is 2. The third-order valence-corrected chi connectivity index (χ3v) is 3.39. The van der Waals surface area contributed by atoms with E-state index < -0.39 is 0 Å². The van der Waals surface area contributed by atoms with Gasteiger partial charge in [0.1, 0.15) is 5.82 Å². The number of nitrogens with zero attached hydrogens (tertiary/aromatic N) is 2. The highest BCUT2D eigenvalue weighted by Crippen LogP contribution is 2.19. The Morgan fingerprint density at radius 1 is 1.35 bits per heavy atom. The Morgan fingerprint density at radius 2 is 2.17 bits per heavy atom. The highest BCUT2D eigenvalue weighted by Gasteiger charge is 2.11. The summed E-state index contributed by atoms with van der Waals surface area (Å²) in [4.78, 5) is 15.9. The van der Waals surface area contributed by atoms with Gasteiger partial charge in [-0.3, -0.25) is 4.79 Å². The molecule has 1 aromatic carbocycles. The average molecular weight is 320 g/mol. The van der Waals surface area contributed by atoms with Crippen LogP contribution in [0.3, 0.4) is 0 Å². The molecule has 0 unspecified atom stereocenters. The molecule has 1 heterocycles. The van der Waals surface area contributed by atoms with Crippen molar-refractivity contribution in [1.29, 1.82) is 0 Å². The summed E-state index contributed by atoms with van der Waals surface area (Å²) in [5, 5.41) is 9.66. The van der Waals surface area contributed by atoms with Crippen molar-refractivity contribution in [2.45, 2.75) is 26.2 Å². The van der Waals surface area contributed by atoms with Crippen molar-refractivity contribution in [2.75, 3.05) is 20.1 Å². The minimum Gasteiger partial charge on any atom is -0.356 e. The maximum atomic E-state index is 13.6. The maximum Gasteiger partial charge on any atom is 0.227 e. The van der Waals surface area contributed by atoms with Gasteiger partial charge in [-0.25, -0.2) is 4.39 Å². The minimum atomic E-state index is -0.310. The second-order valence-corrected chi connectivity index (χ2v) is 5.28. The summed E-state index contributed by atoms with van der Waals surface area (Å²) in [7, 11) is 1.87. The first-order valence-corrected chi connectivity index (χ1v) is 7.60. The lowest BCUT2D eigenvalue weighted by molar-refractivity contribution is -0.121. The lowest BCUT2D eigenvalue weighted by Gasteiger charge is -2.03. The Bertz CT molecular complexity index is 657. The number of carbonyl (C=O) groups excluding carboxylic acids is 1. The molecule has 0 fully saturated rings. The van der Waals surface area contributed by atoms with Gasteiger partial charge < -0.3 is 15.2 Å². The van der Waals surface area contributed by atoms with E-state index in [-0.39, 0.29) is 18.1 Å². The van der Waals surface area contributed by atoms with Crippen LogP contribution in [-0.4, -0.2) is 36.2 Å². The zero-order valence-electron chi connectivity index (χ0n) is 13.4. The molecule has 2 N–H and O–H groups in total. The molecule has 0 radical (unpaired) electrons. The highest BCUT2D eigenvalue weighted by molar-refractivity contribution is 5.75. The largest absolute Gasteiger partial charge is 0.356 e. The van der Waals surface area contributed by atoms with Gasteiger partial charge in [0.2, 0.25) is 17.6 Å². The molecule has 7 heteroatoms. The van der Waals surface area contributed by atoms with Crippen molar-refractivity contribution < 1.29 is 13.7 Å². The summed E-state index contributed by atoms with van der Waals surface area (Å²) in [6.07, 6.45) is 1.52. The van der Waals surface area contributed by atoms with Gasteiger partial charge in [0.15, 0.2) is 0 Å². The molecule has 0 spiro atoms. The van der Waals surface area contributed by atoms with E-state index in [2.05, 4.69) is 20.8 Å². The molecule has 2 aromatic rings. The standard InChI is InChI=1S/C16H21FN4O2/c1-11-4-5-12(10-13(11)17)16-20-15(23-21-16)7-6-14(22)19-9-3-8-18-2/h4-5,10,18H,3,6-9H2,1-2H3,(H,19,22). The summed E-state index contributed by atoms with van der Waals surface area (Å²) >= 11 is 0. The minimum absolute atomic E-state index is 0.0535. The van der Waals surface area contributed by atoms with E-state index in [1.54, 1.807) is 19.1 Å². The van der Waals surface area contributed by atoms with Crippen LogP contribution in [0.15, 0.2) is 22.7 Å². The molecule has 0 aliphatic heterocycles. The molecule has 0 aliphatic carbocycles. The first-order chi connectivity index (χ1) is 11.1. The number of amides is 1. The predicted molar refractivity (Wildman–Crippen MR) is 84.3 cm³/mol. The van der Waals surface area contributed by atoms with Gasteiger partial charge in [-0.1, -0.05) is 17.3 Å². The molecular weight excluding hydrogens is 299 g/mol. The van der Waals surface area contributed by atoms with Crippen LogP contribution in [-0.2, 0) is 11.2 Å². The average Bonchev–Trinajstić information content (AvgIpc) is 3.01. The van der Waals surface area contributed by atoms with Crippen molar-refractivity contribution in [2.24, 2.45) is 0 Å². The molecule has 0 atom stereocenters. The Hall–Kier alpha value is -2.28. The molecule has 23 heavy (non-hydrogen) atoms. The predicted octanol–water partition coefficient (Wildman–Crippen LogP) is 1.84. The van der Waals surface area contributed by atoms with E-state index in [1.807, 2.05) is 7.05 Å². The fourth-order valence-electron chi connectivity index (χ4n) is 2.01. The lowest BCUT2D eigenvalue weighted by Crippen LogP contribution is -2.26. The van der Waals surface area contributed by atoms with Gasteiger partial charge in [-0.15, -0.1) is 0 Å². The van der Waals surface area contributed by atoms with Crippen molar-refractivity contribution in [3.8, 4) is 11.4 Å². The molecule has 1 amide bonds. The molecule has 6 nitrogen and oxygen atoms in total. The first kappa shape index (κ1) is 17.1. The number of hydrogen-bond donors (Lipinski definition) is 2. The molecule has 2 rings (SSSR count). The van der Waals surface area contributed by atoms with E-state index in [1.165, 1.54) is 6.07 Å². The van der Waals surface area contributed by atoms with E-state index in [9.17, 15) is 9.18 Å². The summed E-state index contributed by atoms with van der Waals surface area (Å²) in [5.41, 5.74) is 1.12. The van der Waals surface area contributed by atoms with Gasteiger partial charge in [0, 0.05) is 24.9 Å². The van der Waals surface area contributed by atoms with Gasteiger partial charge >= 0.3 is 0 Å². The Kier molecular flexibility index (Phi) is 6.22. The van der Waals surface area contributed by atoms with Crippen molar-refractivity contribution in [3.05, 3.63) is 35.5 Å². The summed E-state index contributed by atoms with van der Waals surface area (Å²) < 4.78 is 18.7. The molecule has 0 aliphatic rings. The van der Waals surface area contributed by atoms with Gasteiger partial charge in [-0.2, -0.15) is 4.98 Å². The lowest BCUT2D eigenvalue weighted by atomic mass is 10.1. The number of hydrogen-bond acceptors (Lipinski definition) is 5. The van der Waals surface area contributed by atoms with Crippen LogP contribution in [0.1, 0.15) is 24.3 Å². The van der Waals surface area contributed by atoms with E-state index >= 15 is 0 Å². The molecule has 1 aromatic heterocycles. The van der Waals surface area contributed by atoms with Crippen molar-refractivity contribution in [1.82, 2.24) is 20.8 Å². The van der Waals surface area contributed by atoms with Crippen LogP contribution in [0.4, 0.5) is 4.39 Å². The topological polar surface area (TPSA) is 80.0 Å². The second-order valence-electron chi connectivity index (χ2n) is 5.28. The number of carbonyl (C=O) groups is 1. The van der Waals surface area contributed by atoms with Crippen LogP contribution in [0.5, 0.6) is 0 Å². The van der Waals surface area contributed by atoms with Crippen molar-refractivity contribution >= 4 is 5.91 Å². The number of nitrogens with one attached hydrogen (secondary N) is 2. The van der Waals surface area contributed by atoms with E-state index in [0.29, 0.717) is 35.8 Å². The quantitative estimate of drug-likeness (QED) is 0.726. The third-order valence-electron chi connectivity index (χ3n) is 3.39. The number of benzene rings is 1. The second kappa shape index (κ2) is 8.38. The number of rotatable bonds is 8. The molecule has 124 valence electrons. The van der Waals surface area contributed by atoms with Crippen LogP contribution < -0.4 is 10.6 Å². The summed E-state index contributed by atoms with van der Waals surface area (Å²) in [6.45, 7) is 3.19. The summed E-state index contributed by atoms with van der Waals surface area (Å²) in [6, 6.07) is 4.78. The smallest absolute Gasteiger partial charge is 0.227 e. The molecular formula is C16H21FN4O2. The maximum absolute atomic E-state index is 13.6. The Balaban J connectivity index is 1.85. The fraction of sp³-hybridized carbons (Fsp3) is 0.438. The van der Waals surface area contributed by atoms with E-state index in [0.717, 1.165) is 13.0 Å². The van der Waals surface area contributed by atoms with Crippen molar-refractivity contribution in [3.63, 3.8) is 0 Å². The van der Waals surface area contributed by atoms with Gasteiger partial charge in [0.25, 0.3) is 0 Å². The number of aromatic nitrogens is 2. The van der Waals surface area contributed by atoms with Crippen LogP contribution in [0.2, 0.25) is 0 Å². The zero-order valence-corrected chi connectivity index (χ0v) is 13.4. The van der Waals surface area contributed by atoms with Crippen LogP contribution in [0, 0.1) is 12.7 Å². The molecule has 0 bridgehead atoms. The highest BCUT2D eigenvalue weighted by atomic mass is 19.1. The molecule has 0 saturated carbocycles. The van der Waals surface area contributed by atoms with Crippen LogP contribution in [0.25, 0.3) is 11.4 Å². The monoisotopic (exact) mass is 320 g/mol. The fourth-order valence-corrected chi connectivity index (χ4v) is 2.01. The summed E-state index contributed by atoms with van der Waals surface area (Å²) in [5.74, 6) is 0.330.